The normalized spacial score (nSPS) is 14.2. The molecule has 0 unspecified atom stereocenters. The Morgan fingerprint density at radius 1 is 0.941 bits per heavy atom. The first kappa shape index (κ1) is 24.0. The number of benzene rings is 3. The number of nitrogens with zero attached hydrogens (tertiary/aromatic N) is 1. The molecule has 0 bridgehead atoms. The Kier molecular flexibility index (Phi) is 7.37. The average molecular weight is 477 g/mol. The Hall–Kier alpha value is -3.12. The molecule has 0 radical (unpaired) electrons. The van der Waals surface area contributed by atoms with Crippen LogP contribution in [0.4, 0.5) is 5.69 Å². The first-order valence-corrected chi connectivity index (χ1v) is 13.4. The fourth-order valence-corrected chi connectivity index (χ4v) is 6.01. The number of rotatable bonds is 8. The minimum absolute atomic E-state index is 0.158. The Labute approximate surface area is 202 Å². The van der Waals surface area contributed by atoms with Crippen LogP contribution in [0.3, 0.4) is 0 Å². The van der Waals surface area contributed by atoms with Gasteiger partial charge in [-0.25, -0.2) is 8.42 Å². The smallest absolute Gasteiger partial charge is 0.264 e. The van der Waals surface area contributed by atoms with Crippen LogP contribution in [-0.4, -0.2) is 20.9 Å². The number of anilines is 1. The second-order valence-electron chi connectivity index (χ2n) is 8.93. The van der Waals surface area contributed by atoms with Crippen molar-refractivity contribution in [3.05, 3.63) is 95.1 Å². The molecular weight excluding hydrogens is 444 g/mol. The molecule has 4 rings (SSSR count). The van der Waals surface area contributed by atoms with Gasteiger partial charge >= 0.3 is 0 Å². The lowest BCUT2D eigenvalue weighted by atomic mass is 9.89. The van der Waals surface area contributed by atoms with Crippen LogP contribution in [-0.2, 0) is 27.7 Å². The maximum Gasteiger partial charge on any atom is 0.264 e. The van der Waals surface area contributed by atoms with E-state index in [4.69, 9.17) is 0 Å². The summed E-state index contributed by atoms with van der Waals surface area (Å²) in [6.07, 6.45) is 5.33. The third-order valence-electron chi connectivity index (χ3n) is 6.43. The van der Waals surface area contributed by atoms with Crippen molar-refractivity contribution in [3.8, 4) is 0 Å². The van der Waals surface area contributed by atoms with E-state index in [9.17, 15) is 13.2 Å². The van der Waals surface area contributed by atoms with Gasteiger partial charge in [0.1, 0.15) is 6.54 Å². The lowest BCUT2D eigenvalue weighted by Crippen LogP contribution is -2.42. The van der Waals surface area contributed by atoms with Gasteiger partial charge in [0, 0.05) is 0 Å². The van der Waals surface area contributed by atoms with E-state index in [1.54, 1.807) is 48.5 Å². The Bertz CT molecular complexity index is 1260. The maximum atomic E-state index is 13.5. The molecule has 1 amide bonds. The van der Waals surface area contributed by atoms with Gasteiger partial charge in [0.25, 0.3) is 10.0 Å². The molecule has 0 heterocycles. The van der Waals surface area contributed by atoms with Gasteiger partial charge in [0.2, 0.25) is 5.91 Å². The highest BCUT2D eigenvalue weighted by Gasteiger charge is 2.28. The van der Waals surface area contributed by atoms with E-state index in [1.165, 1.54) is 28.3 Å². The number of sulfonamides is 1. The molecule has 3 aromatic carbocycles. The second kappa shape index (κ2) is 10.4. The van der Waals surface area contributed by atoms with Crippen LogP contribution in [0.15, 0.2) is 77.7 Å². The van der Waals surface area contributed by atoms with Crippen molar-refractivity contribution < 1.29 is 13.2 Å². The quantitative estimate of drug-likeness (QED) is 0.477. The van der Waals surface area contributed by atoms with Crippen LogP contribution in [0.2, 0.25) is 0 Å². The van der Waals surface area contributed by atoms with E-state index in [2.05, 4.69) is 23.5 Å². The molecule has 1 aliphatic carbocycles. The van der Waals surface area contributed by atoms with E-state index < -0.39 is 10.0 Å². The summed E-state index contributed by atoms with van der Waals surface area (Å²) in [5.74, 6) is -0.328. The van der Waals surface area contributed by atoms with Crippen LogP contribution < -0.4 is 9.62 Å². The second-order valence-corrected chi connectivity index (χ2v) is 10.8. The molecule has 5 nitrogen and oxygen atoms in total. The third-order valence-corrected chi connectivity index (χ3v) is 8.21. The fraction of sp³-hybridized carbons (Fsp3) is 0.321. The van der Waals surface area contributed by atoms with Gasteiger partial charge in [-0.3, -0.25) is 9.10 Å². The zero-order valence-corrected chi connectivity index (χ0v) is 20.6. The molecule has 0 fully saturated rings. The summed E-state index contributed by atoms with van der Waals surface area (Å²) in [7, 11) is -3.91. The predicted molar refractivity (Wildman–Crippen MR) is 136 cm³/mol. The van der Waals surface area contributed by atoms with Crippen molar-refractivity contribution in [3.63, 3.8) is 0 Å². The van der Waals surface area contributed by atoms with Gasteiger partial charge in [-0.1, -0.05) is 55.5 Å². The van der Waals surface area contributed by atoms with Crippen molar-refractivity contribution in [2.75, 3.05) is 10.8 Å². The van der Waals surface area contributed by atoms with Gasteiger partial charge in [-0.15, -0.1) is 0 Å². The number of hydrogen-bond donors (Lipinski definition) is 1. The Morgan fingerprint density at radius 2 is 1.68 bits per heavy atom. The lowest BCUT2D eigenvalue weighted by molar-refractivity contribution is -0.120. The molecule has 178 valence electrons. The SMILES string of the molecule is CC[C@@H](NC(=O)CN(c1cccc(C)c1)S(=O)(=O)c1ccccc1)c1ccc2c(c1)CCCC2. The zero-order chi connectivity index (χ0) is 24.1. The fourth-order valence-electron chi connectivity index (χ4n) is 4.58. The molecule has 0 spiro atoms. The summed E-state index contributed by atoms with van der Waals surface area (Å²) < 4.78 is 28.2. The van der Waals surface area contributed by atoms with Crippen LogP contribution >= 0.6 is 0 Å². The largest absolute Gasteiger partial charge is 0.348 e. The monoisotopic (exact) mass is 476 g/mol. The third kappa shape index (κ3) is 5.33. The molecule has 0 aliphatic heterocycles. The Balaban J connectivity index is 1.59. The van der Waals surface area contributed by atoms with Crippen molar-refractivity contribution in [2.24, 2.45) is 0 Å². The zero-order valence-electron chi connectivity index (χ0n) is 19.8. The van der Waals surface area contributed by atoms with Gasteiger partial charge in [0.05, 0.1) is 16.6 Å². The lowest BCUT2D eigenvalue weighted by Gasteiger charge is -2.26. The molecule has 3 aromatic rings. The van der Waals surface area contributed by atoms with E-state index in [-0.39, 0.29) is 23.4 Å². The molecule has 0 saturated heterocycles. The highest BCUT2D eigenvalue weighted by Crippen LogP contribution is 2.27. The summed E-state index contributed by atoms with van der Waals surface area (Å²) in [6.45, 7) is 3.64. The number of hydrogen-bond acceptors (Lipinski definition) is 3. The minimum Gasteiger partial charge on any atom is -0.348 e. The minimum atomic E-state index is -3.91. The van der Waals surface area contributed by atoms with Gasteiger partial charge in [-0.05, 0) is 85.5 Å². The number of amides is 1. The summed E-state index contributed by atoms with van der Waals surface area (Å²) in [4.78, 5) is 13.4. The predicted octanol–water partition coefficient (Wildman–Crippen LogP) is 5.34. The summed E-state index contributed by atoms with van der Waals surface area (Å²) in [6, 6.07) is 21.8. The van der Waals surface area contributed by atoms with Crippen LogP contribution in [0.5, 0.6) is 0 Å². The van der Waals surface area contributed by atoms with Crippen molar-refractivity contribution in [1.82, 2.24) is 5.32 Å². The van der Waals surface area contributed by atoms with Gasteiger partial charge < -0.3 is 5.32 Å². The molecule has 0 aromatic heterocycles. The number of fused-ring (bicyclic) bond motifs is 1. The molecular formula is C28H32N2O3S. The first-order valence-electron chi connectivity index (χ1n) is 11.9. The molecule has 0 saturated carbocycles. The van der Waals surface area contributed by atoms with E-state index in [0.29, 0.717) is 5.69 Å². The molecule has 1 atom stereocenters. The van der Waals surface area contributed by atoms with Crippen LogP contribution in [0.1, 0.15) is 54.5 Å². The number of carbonyl (C=O) groups is 1. The summed E-state index contributed by atoms with van der Waals surface area (Å²) >= 11 is 0. The van der Waals surface area contributed by atoms with Crippen molar-refractivity contribution >= 4 is 21.6 Å². The highest BCUT2D eigenvalue weighted by atomic mass is 32.2. The van der Waals surface area contributed by atoms with E-state index >= 15 is 0 Å². The van der Waals surface area contributed by atoms with E-state index in [0.717, 1.165) is 30.4 Å². The number of nitrogens with one attached hydrogen (secondary N) is 1. The highest BCUT2D eigenvalue weighted by molar-refractivity contribution is 7.92. The van der Waals surface area contributed by atoms with Crippen molar-refractivity contribution in [2.45, 2.75) is 56.9 Å². The van der Waals surface area contributed by atoms with Gasteiger partial charge in [0.15, 0.2) is 0 Å². The molecule has 1 aliphatic rings. The topological polar surface area (TPSA) is 66.5 Å². The summed E-state index contributed by atoms with van der Waals surface area (Å²) in [5, 5.41) is 3.08. The van der Waals surface area contributed by atoms with Gasteiger partial charge in [-0.2, -0.15) is 0 Å². The number of carbonyl (C=O) groups excluding carboxylic acids is 1. The van der Waals surface area contributed by atoms with Crippen LogP contribution in [0, 0.1) is 6.92 Å². The molecule has 6 heteroatoms. The molecule has 34 heavy (non-hydrogen) atoms. The summed E-state index contributed by atoms with van der Waals surface area (Å²) in [5.41, 5.74) is 5.23. The standard InChI is InChI=1S/C28H32N2O3S/c1-3-27(24-17-16-22-11-7-8-12-23(22)19-24)29-28(31)20-30(25-13-9-10-21(2)18-25)34(32,33)26-14-5-4-6-15-26/h4-6,9-10,13-19,27H,3,7-8,11-12,20H2,1-2H3,(H,29,31)/t27-/m1/s1. The average Bonchev–Trinajstić information content (AvgIpc) is 2.86. The molecule has 1 N–H and O–H groups in total. The Morgan fingerprint density at radius 3 is 2.38 bits per heavy atom. The maximum absolute atomic E-state index is 13.5. The first-order chi connectivity index (χ1) is 16.4. The van der Waals surface area contributed by atoms with Crippen molar-refractivity contribution in [1.29, 1.82) is 0 Å². The number of aryl methyl sites for hydroxylation is 3. The van der Waals surface area contributed by atoms with E-state index in [1.807, 2.05) is 19.9 Å². The van der Waals surface area contributed by atoms with Crippen LogP contribution in [0.25, 0.3) is 0 Å².